The average Bonchev–Trinajstić information content (AvgIpc) is 1.99. The van der Waals surface area contributed by atoms with Crippen molar-refractivity contribution in [1.82, 2.24) is 0 Å². The Morgan fingerprint density at radius 1 is 1.42 bits per heavy atom. The molecule has 0 aliphatic rings. The highest BCUT2D eigenvalue weighted by Crippen LogP contribution is 2.15. The zero-order valence-corrected chi connectivity index (χ0v) is 7.12. The van der Waals surface area contributed by atoms with Crippen LogP contribution in [0.5, 0.6) is 5.75 Å². The standard InChI is InChI=1S/C10H13NO/c1-8-5-9(3-2-4-11)7-10(12)6-8/h2-3,5-7,12H,4,11H2,1H3. The number of phenolic OH excluding ortho intramolecular Hbond substituents is 1. The maximum absolute atomic E-state index is 9.23. The van der Waals surface area contributed by atoms with Crippen molar-refractivity contribution in [2.24, 2.45) is 5.73 Å². The van der Waals surface area contributed by atoms with E-state index < -0.39 is 0 Å². The van der Waals surface area contributed by atoms with Crippen molar-refractivity contribution < 1.29 is 5.11 Å². The lowest BCUT2D eigenvalue weighted by Crippen LogP contribution is -1.91. The Morgan fingerprint density at radius 2 is 2.17 bits per heavy atom. The van der Waals surface area contributed by atoms with Crippen LogP contribution >= 0.6 is 0 Å². The summed E-state index contributed by atoms with van der Waals surface area (Å²) >= 11 is 0. The van der Waals surface area contributed by atoms with Gasteiger partial charge in [0.15, 0.2) is 0 Å². The van der Waals surface area contributed by atoms with Gasteiger partial charge in [0.1, 0.15) is 5.75 Å². The lowest BCUT2D eigenvalue weighted by Gasteiger charge is -1.98. The van der Waals surface area contributed by atoms with Gasteiger partial charge in [-0.05, 0) is 30.2 Å². The minimum atomic E-state index is 0.298. The van der Waals surface area contributed by atoms with Crippen LogP contribution in [-0.4, -0.2) is 11.7 Å². The Balaban J connectivity index is 2.93. The summed E-state index contributed by atoms with van der Waals surface area (Å²) < 4.78 is 0. The van der Waals surface area contributed by atoms with E-state index in [2.05, 4.69) is 0 Å². The molecule has 0 amide bonds. The summed E-state index contributed by atoms with van der Waals surface area (Å²) in [6.45, 7) is 2.47. The molecule has 1 aromatic rings. The molecule has 0 aliphatic carbocycles. The van der Waals surface area contributed by atoms with Gasteiger partial charge in [-0.2, -0.15) is 0 Å². The fourth-order valence-electron chi connectivity index (χ4n) is 1.09. The van der Waals surface area contributed by atoms with Crippen LogP contribution in [-0.2, 0) is 0 Å². The smallest absolute Gasteiger partial charge is 0.116 e. The Kier molecular flexibility index (Phi) is 2.88. The topological polar surface area (TPSA) is 46.2 Å². The van der Waals surface area contributed by atoms with Gasteiger partial charge in [-0.15, -0.1) is 0 Å². The third kappa shape index (κ3) is 2.40. The van der Waals surface area contributed by atoms with Crippen molar-refractivity contribution in [3.63, 3.8) is 0 Å². The zero-order valence-electron chi connectivity index (χ0n) is 7.12. The van der Waals surface area contributed by atoms with Crippen LogP contribution in [0, 0.1) is 6.92 Å². The number of phenols is 1. The lowest BCUT2D eigenvalue weighted by atomic mass is 10.1. The normalized spacial score (nSPS) is 10.8. The molecule has 12 heavy (non-hydrogen) atoms. The average molecular weight is 163 g/mol. The Morgan fingerprint density at radius 3 is 2.75 bits per heavy atom. The van der Waals surface area contributed by atoms with Gasteiger partial charge in [0.2, 0.25) is 0 Å². The van der Waals surface area contributed by atoms with E-state index in [1.54, 1.807) is 12.1 Å². The number of aromatic hydroxyl groups is 1. The van der Waals surface area contributed by atoms with Gasteiger partial charge in [-0.1, -0.05) is 18.2 Å². The number of hydrogen-bond donors (Lipinski definition) is 2. The molecule has 3 N–H and O–H groups in total. The number of hydrogen-bond acceptors (Lipinski definition) is 2. The second-order valence-electron chi connectivity index (χ2n) is 2.74. The summed E-state index contributed by atoms with van der Waals surface area (Å²) in [6, 6.07) is 5.42. The molecule has 0 atom stereocenters. The third-order valence-electron chi connectivity index (χ3n) is 1.53. The van der Waals surface area contributed by atoms with Gasteiger partial charge >= 0.3 is 0 Å². The number of rotatable bonds is 2. The summed E-state index contributed by atoms with van der Waals surface area (Å²) in [6.07, 6.45) is 3.75. The van der Waals surface area contributed by atoms with Crippen LogP contribution < -0.4 is 5.73 Å². The molecule has 0 fully saturated rings. The van der Waals surface area contributed by atoms with E-state index in [-0.39, 0.29) is 0 Å². The van der Waals surface area contributed by atoms with Crippen LogP contribution in [0.3, 0.4) is 0 Å². The van der Waals surface area contributed by atoms with Crippen LogP contribution in [0.1, 0.15) is 11.1 Å². The van der Waals surface area contributed by atoms with E-state index in [4.69, 9.17) is 5.73 Å². The van der Waals surface area contributed by atoms with E-state index in [0.29, 0.717) is 12.3 Å². The molecule has 1 aromatic carbocycles. The molecule has 0 bridgehead atoms. The largest absolute Gasteiger partial charge is 0.508 e. The summed E-state index contributed by atoms with van der Waals surface area (Å²) in [5.74, 6) is 0.298. The van der Waals surface area contributed by atoms with Crippen LogP contribution in [0.15, 0.2) is 24.3 Å². The highest BCUT2D eigenvalue weighted by molar-refractivity contribution is 5.53. The maximum Gasteiger partial charge on any atom is 0.116 e. The predicted molar refractivity (Wildman–Crippen MR) is 50.9 cm³/mol. The van der Waals surface area contributed by atoms with Gasteiger partial charge in [0.05, 0.1) is 0 Å². The number of nitrogens with two attached hydrogens (primary N) is 1. The monoisotopic (exact) mass is 163 g/mol. The van der Waals surface area contributed by atoms with Gasteiger partial charge in [-0.3, -0.25) is 0 Å². The molecule has 64 valence electrons. The third-order valence-corrected chi connectivity index (χ3v) is 1.53. The summed E-state index contributed by atoms with van der Waals surface area (Å²) in [7, 11) is 0. The highest BCUT2D eigenvalue weighted by Gasteiger charge is 1.92. The van der Waals surface area contributed by atoms with E-state index in [1.165, 1.54) is 0 Å². The first kappa shape index (κ1) is 8.81. The summed E-state index contributed by atoms with van der Waals surface area (Å²) in [5, 5.41) is 9.23. The predicted octanol–water partition coefficient (Wildman–Crippen LogP) is 1.67. The first-order valence-corrected chi connectivity index (χ1v) is 3.89. The molecule has 0 spiro atoms. The van der Waals surface area contributed by atoms with Crippen molar-refractivity contribution >= 4 is 6.08 Å². The molecular formula is C10H13NO. The molecule has 0 aliphatic heterocycles. The van der Waals surface area contributed by atoms with Crippen molar-refractivity contribution in [2.75, 3.05) is 6.54 Å². The number of benzene rings is 1. The Bertz CT molecular complexity index is 272. The van der Waals surface area contributed by atoms with Crippen molar-refractivity contribution in [1.29, 1.82) is 0 Å². The highest BCUT2D eigenvalue weighted by atomic mass is 16.3. The first-order chi connectivity index (χ1) is 5.72. The number of aryl methyl sites for hydroxylation is 1. The molecule has 0 unspecified atom stereocenters. The minimum Gasteiger partial charge on any atom is -0.508 e. The first-order valence-electron chi connectivity index (χ1n) is 3.89. The fourth-order valence-corrected chi connectivity index (χ4v) is 1.09. The SMILES string of the molecule is Cc1cc(O)cc(C=CCN)c1. The van der Waals surface area contributed by atoms with Gasteiger partial charge < -0.3 is 10.8 Å². The molecule has 0 radical (unpaired) electrons. The summed E-state index contributed by atoms with van der Waals surface area (Å²) in [4.78, 5) is 0. The van der Waals surface area contributed by atoms with Crippen LogP contribution in [0.4, 0.5) is 0 Å². The van der Waals surface area contributed by atoms with Crippen molar-refractivity contribution in [3.8, 4) is 5.75 Å². The molecule has 1 rings (SSSR count). The minimum absolute atomic E-state index is 0.298. The van der Waals surface area contributed by atoms with Crippen molar-refractivity contribution in [2.45, 2.75) is 6.92 Å². The molecular weight excluding hydrogens is 150 g/mol. The maximum atomic E-state index is 9.23. The molecule has 0 heterocycles. The van der Waals surface area contributed by atoms with Crippen molar-refractivity contribution in [3.05, 3.63) is 35.4 Å². The van der Waals surface area contributed by atoms with Gasteiger partial charge in [0, 0.05) is 6.54 Å². The quantitative estimate of drug-likeness (QED) is 0.696. The van der Waals surface area contributed by atoms with E-state index in [0.717, 1.165) is 11.1 Å². The van der Waals surface area contributed by atoms with E-state index >= 15 is 0 Å². The second-order valence-corrected chi connectivity index (χ2v) is 2.74. The van der Waals surface area contributed by atoms with Crippen LogP contribution in [0.2, 0.25) is 0 Å². The lowest BCUT2D eigenvalue weighted by molar-refractivity contribution is 0.475. The van der Waals surface area contributed by atoms with E-state index in [1.807, 2.05) is 25.1 Å². The van der Waals surface area contributed by atoms with E-state index in [9.17, 15) is 5.11 Å². The zero-order chi connectivity index (χ0) is 8.97. The molecule has 0 saturated heterocycles. The molecule has 0 aromatic heterocycles. The molecule has 2 heteroatoms. The van der Waals surface area contributed by atoms with Gasteiger partial charge in [-0.25, -0.2) is 0 Å². The molecule has 2 nitrogen and oxygen atoms in total. The Hall–Kier alpha value is -1.28. The fraction of sp³-hybridized carbons (Fsp3) is 0.200. The van der Waals surface area contributed by atoms with Crippen LogP contribution in [0.25, 0.3) is 6.08 Å². The molecule has 0 saturated carbocycles. The van der Waals surface area contributed by atoms with Gasteiger partial charge in [0.25, 0.3) is 0 Å². The summed E-state index contributed by atoms with van der Waals surface area (Å²) in [5.41, 5.74) is 7.34. The Labute approximate surface area is 72.3 Å². The second kappa shape index (κ2) is 3.93.